The van der Waals surface area contributed by atoms with Crippen LogP contribution in [-0.2, 0) is 75.2 Å². The van der Waals surface area contributed by atoms with Gasteiger partial charge in [0.15, 0.2) is 5.96 Å². The van der Waals surface area contributed by atoms with Crippen molar-refractivity contribution in [2.24, 2.45) is 51.0 Å². The molecule has 31 nitrogen and oxygen atoms in total. The van der Waals surface area contributed by atoms with E-state index < -0.39 is 169 Å². The van der Waals surface area contributed by atoms with Crippen molar-refractivity contribution in [2.75, 3.05) is 44.7 Å². The number of primary amides is 3. The van der Waals surface area contributed by atoms with Gasteiger partial charge in [-0.05, 0) is 119 Å². The quantitative estimate of drug-likeness (QED) is 0.0173. The number of aliphatic imine (C=N–C) groups is 1. The van der Waals surface area contributed by atoms with Crippen LogP contribution in [0.2, 0.25) is 0 Å². The van der Waals surface area contributed by atoms with Crippen LogP contribution in [-0.4, -0.2) is 198 Å². The molecule has 2 heterocycles. The zero-order chi connectivity index (χ0) is 70.1. The number of nitrogens with zero attached hydrogens (tertiary/aromatic N) is 3. The first-order chi connectivity index (χ1) is 45.2. The molecule has 0 radical (unpaired) electrons. The Morgan fingerprint density at radius 3 is 1.51 bits per heavy atom. The van der Waals surface area contributed by atoms with Gasteiger partial charge in [0.25, 0.3) is 0 Å². The molecule has 2 aromatic carbocycles. The molecule has 524 valence electrons. The number of thioether (sulfide) groups is 1. The maximum Gasteiger partial charge on any atom is 0.245 e. The Hall–Kier alpha value is -8.91. The number of nitrogens with one attached hydrogen (secondary N) is 8. The van der Waals surface area contributed by atoms with Crippen LogP contribution in [0.5, 0.6) is 0 Å². The number of carbonyl (C=O) groups is 13. The number of guanidine groups is 1. The van der Waals surface area contributed by atoms with Gasteiger partial charge >= 0.3 is 0 Å². The Kier molecular flexibility index (Phi) is 33.9. The monoisotopic (exact) mass is 1350 g/mol. The first kappa shape index (κ1) is 78.5. The van der Waals surface area contributed by atoms with E-state index >= 15 is 0 Å². The lowest BCUT2D eigenvalue weighted by Gasteiger charge is -2.32. The Balaban J connectivity index is 1.56. The van der Waals surface area contributed by atoms with E-state index in [0.29, 0.717) is 55.4 Å². The second-order valence-corrected chi connectivity index (χ2v) is 25.1. The van der Waals surface area contributed by atoms with Gasteiger partial charge in [0, 0.05) is 45.3 Å². The predicted molar refractivity (Wildman–Crippen MR) is 356 cm³/mol. The highest BCUT2D eigenvalue weighted by molar-refractivity contribution is 7.98. The highest BCUT2D eigenvalue weighted by Gasteiger charge is 2.42. The van der Waals surface area contributed by atoms with Crippen molar-refractivity contribution >= 4 is 94.5 Å². The van der Waals surface area contributed by atoms with Crippen LogP contribution in [0.25, 0.3) is 0 Å². The summed E-state index contributed by atoms with van der Waals surface area (Å²) in [7, 11) is 0. The molecule has 2 aromatic rings. The van der Waals surface area contributed by atoms with Crippen LogP contribution >= 0.6 is 11.8 Å². The van der Waals surface area contributed by atoms with Crippen molar-refractivity contribution in [1.29, 1.82) is 0 Å². The fourth-order valence-corrected chi connectivity index (χ4v) is 11.5. The fourth-order valence-electron chi connectivity index (χ4n) is 11.0. The summed E-state index contributed by atoms with van der Waals surface area (Å²) in [6.07, 6.45) is 3.12. The maximum atomic E-state index is 14.7. The van der Waals surface area contributed by atoms with Crippen molar-refractivity contribution in [2.45, 2.75) is 183 Å². The first-order valence-electron chi connectivity index (χ1n) is 32.2. The lowest BCUT2D eigenvalue weighted by Crippen LogP contribution is -2.60. The SMILES string of the molecule is CSCC[C@H](NC(=O)[C@H](CC(C)C)NC(=O)CNC(=O)[C@@H](Cc1ccccc1)NC(=O)[C@@H](Cc1ccccc1)NC(=O)[C@H](CCC(N)=O)NC(=O)[C@H](CCC(N)=O)NC(=O)[C@H]1CCCN1C(=O)[C@H](CCCCN)NC(=O)[C@@H]1CCCN1C(=O)[C@@H](N)CCCN=C(N)N)C(N)=O. The van der Waals surface area contributed by atoms with Gasteiger partial charge in [0.05, 0.1) is 12.6 Å². The molecule has 2 fully saturated rings. The summed E-state index contributed by atoms with van der Waals surface area (Å²) in [6, 6.07) is 4.51. The molecule has 22 N–H and O–H groups in total. The van der Waals surface area contributed by atoms with Gasteiger partial charge in [-0.1, -0.05) is 74.5 Å². The van der Waals surface area contributed by atoms with E-state index in [1.54, 1.807) is 60.7 Å². The molecule has 95 heavy (non-hydrogen) atoms. The number of carbonyl (C=O) groups excluding carboxylic acids is 13. The third-order valence-electron chi connectivity index (χ3n) is 16.0. The molecule has 2 saturated heterocycles. The summed E-state index contributed by atoms with van der Waals surface area (Å²) in [4.78, 5) is 185. The standard InChI is InChI=1S/C63H98N18O13S/c1-37(2)33-45(57(89)74-41(53(68)85)27-32-95-3)73-52(84)36-72-54(86)46(34-38-15-6-4-7-16-38)78-58(90)47(35-39-17-8-5-9-18-39)79-56(88)42(23-25-50(66)82)75-55(87)43(24-26-51(67)83)76-59(91)49-22-14-31-81(49)62(94)44(20-10-11-28-64)77-60(92)48-21-13-30-80(48)61(93)40(65)19-12-29-71-63(69)70/h4-9,15-18,37,40-49H,10-14,19-36,64-65H2,1-3H3,(H2,66,82)(H2,67,83)(H2,68,85)(H,72,86)(H,73,84)(H,74,89)(H,75,87)(H,76,91)(H,77,92)(H,78,90)(H,79,88)(H4,69,70,71)/t40-,41-,42-,43-,44-,45-,46+,47+,48-,49+/m0/s1. The van der Waals surface area contributed by atoms with E-state index in [2.05, 4.69) is 47.5 Å². The summed E-state index contributed by atoms with van der Waals surface area (Å²) in [6.45, 7) is 3.86. The number of likely N-dealkylation sites (tertiary alicyclic amines) is 2. The van der Waals surface area contributed by atoms with Gasteiger partial charge in [-0.15, -0.1) is 0 Å². The van der Waals surface area contributed by atoms with E-state index in [4.69, 9.17) is 40.1 Å². The zero-order valence-corrected chi connectivity index (χ0v) is 55.3. The van der Waals surface area contributed by atoms with Gasteiger partial charge in [-0.3, -0.25) is 67.3 Å². The highest BCUT2D eigenvalue weighted by atomic mass is 32.2. The molecule has 0 unspecified atom stereocenters. The normalized spacial score (nSPS) is 16.8. The van der Waals surface area contributed by atoms with E-state index in [1.165, 1.54) is 21.6 Å². The van der Waals surface area contributed by atoms with Crippen LogP contribution in [0, 0.1) is 5.92 Å². The number of amides is 13. The van der Waals surface area contributed by atoms with Gasteiger partial charge in [-0.2, -0.15) is 11.8 Å². The average molecular weight is 1350 g/mol. The van der Waals surface area contributed by atoms with Crippen molar-refractivity contribution in [3.63, 3.8) is 0 Å². The van der Waals surface area contributed by atoms with Gasteiger partial charge in [0.2, 0.25) is 76.8 Å². The zero-order valence-electron chi connectivity index (χ0n) is 54.5. The summed E-state index contributed by atoms with van der Waals surface area (Å²) >= 11 is 1.45. The second kappa shape index (κ2) is 41.0. The molecular formula is C63H98N18O13S. The minimum absolute atomic E-state index is 0.0736. The molecule has 10 atom stereocenters. The molecule has 0 aromatic heterocycles. The third-order valence-corrected chi connectivity index (χ3v) is 16.7. The van der Waals surface area contributed by atoms with E-state index in [0.717, 1.165) is 0 Å². The van der Waals surface area contributed by atoms with Crippen molar-refractivity contribution in [3.8, 4) is 0 Å². The van der Waals surface area contributed by atoms with E-state index in [1.807, 2.05) is 20.1 Å². The highest BCUT2D eigenvalue weighted by Crippen LogP contribution is 2.24. The molecule has 0 spiro atoms. The number of unbranched alkanes of at least 4 members (excludes halogenated alkanes) is 1. The predicted octanol–water partition coefficient (Wildman–Crippen LogP) is -3.71. The van der Waals surface area contributed by atoms with E-state index in [-0.39, 0.29) is 83.0 Å². The van der Waals surface area contributed by atoms with Crippen molar-refractivity contribution in [3.05, 3.63) is 71.8 Å². The van der Waals surface area contributed by atoms with Gasteiger partial charge in [0.1, 0.15) is 54.4 Å². The Labute approximate surface area is 558 Å². The van der Waals surface area contributed by atoms with Crippen LogP contribution in [0.3, 0.4) is 0 Å². The summed E-state index contributed by atoms with van der Waals surface area (Å²) in [5, 5.41) is 21.1. The van der Waals surface area contributed by atoms with Crippen molar-refractivity contribution < 1.29 is 62.3 Å². The van der Waals surface area contributed by atoms with Gasteiger partial charge in [-0.25, -0.2) is 0 Å². The molecule has 2 aliphatic rings. The lowest BCUT2D eigenvalue weighted by atomic mass is 10.0. The Bertz CT molecular complexity index is 2960. The topological polar surface area (TPSA) is 519 Å². The molecule has 0 aliphatic carbocycles. The number of rotatable bonds is 42. The van der Waals surface area contributed by atoms with Crippen LogP contribution in [0.1, 0.15) is 121 Å². The average Bonchev–Trinajstić information content (AvgIpc) is 1.74. The van der Waals surface area contributed by atoms with Crippen LogP contribution in [0.4, 0.5) is 0 Å². The van der Waals surface area contributed by atoms with Crippen LogP contribution < -0.4 is 82.7 Å². The van der Waals surface area contributed by atoms with E-state index in [9.17, 15) is 62.3 Å². The second-order valence-electron chi connectivity index (χ2n) is 24.1. The Morgan fingerprint density at radius 1 is 0.537 bits per heavy atom. The third kappa shape index (κ3) is 27.5. The minimum Gasteiger partial charge on any atom is -0.370 e. The summed E-state index contributed by atoms with van der Waals surface area (Å²) in [5.41, 5.74) is 40.6. The number of hydrogen-bond acceptors (Lipinski definition) is 17. The molecule has 13 amide bonds. The lowest BCUT2D eigenvalue weighted by molar-refractivity contribution is -0.144. The maximum absolute atomic E-state index is 14.7. The summed E-state index contributed by atoms with van der Waals surface area (Å²) in [5.74, 6) is -9.80. The van der Waals surface area contributed by atoms with Crippen LogP contribution in [0.15, 0.2) is 65.7 Å². The number of hydrogen-bond donors (Lipinski definition) is 15. The largest absolute Gasteiger partial charge is 0.370 e. The summed E-state index contributed by atoms with van der Waals surface area (Å²) < 4.78 is 0. The minimum atomic E-state index is -1.64. The Morgan fingerprint density at radius 2 is 1.01 bits per heavy atom. The molecule has 32 heteroatoms. The molecule has 4 rings (SSSR count). The van der Waals surface area contributed by atoms with Crippen molar-refractivity contribution in [1.82, 2.24) is 52.3 Å². The molecule has 0 bridgehead atoms. The smallest absolute Gasteiger partial charge is 0.245 e. The number of benzene rings is 2. The molecule has 0 saturated carbocycles. The molecular weight excluding hydrogens is 1250 g/mol. The molecule has 2 aliphatic heterocycles. The first-order valence-corrected chi connectivity index (χ1v) is 33.6. The number of nitrogens with two attached hydrogens (primary N) is 7. The van der Waals surface area contributed by atoms with Gasteiger partial charge < -0.3 is 92.5 Å². The fraction of sp³-hybridized carbons (Fsp3) is 0.587.